The van der Waals surface area contributed by atoms with E-state index >= 15 is 0 Å². The van der Waals surface area contributed by atoms with Crippen molar-refractivity contribution in [2.75, 3.05) is 47.1 Å². The van der Waals surface area contributed by atoms with Crippen molar-refractivity contribution in [2.45, 2.75) is 245 Å². The third-order valence-electron chi connectivity index (χ3n) is 12.0. The Morgan fingerprint density at radius 1 is 0.343 bits per heavy atom. The van der Waals surface area contributed by atoms with Gasteiger partial charge in [0.1, 0.15) is 31.8 Å². The second kappa shape index (κ2) is 49.2. The first kappa shape index (κ1) is 63.8. The van der Waals surface area contributed by atoms with Crippen LogP contribution in [-0.4, -0.2) is 75.8 Å². The maximum absolute atomic E-state index is 13.2. The van der Waals surface area contributed by atoms with Crippen LogP contribution in [0.3, 0.4) is 0 Å². The highest BCUT2D eigenvalue weighted by molar-refractivity contribution is 5.71. The number of hydrogen-bond donors (Lipinski definition) is 0. The third kappa shape index (κ3) is 46.3. The van der Waals surface area contributed by atoms with Gasteiger partial charge in [-0.25, -0.2) is 0 Å². The van der Waals surface area contributed by atoms with Crippen LogP contribution >= 0.6 is 0 Å². The average molecular weight is 942 g/mol. The van der Waals surface area contributed by atoms with Crippen molar-refractivity contribution in [3.05, 3.63) is 48.6 Å². The Morgan fingerprint density at radius 2 is 0.612 bits per heavy atom. The van der Waals surface area contributed by atoms with Gasteiger partial charge in [-0.2, -0.15) is 0 Å². The minimum Gasteiger partial charge on any atom is -0.465 e. The lowest BCUT2D eigenvalue weighted by molar-refractivity contribution is -0.170. The maximum atomic E-state index is 13.2. The fourth-order valence-electron chi connectivity index (χ4n) is 7.49. The van der Waals surface area contributed by atoms with Gasteiger partial charge in [0.05, 0.1) is 0 Å². The number of hydrogen-bond acceptors (Lipinski definition) is 9. The van der Waals surface area contributed by atoms with Crippen molar-refractivity contribution in [2.24, 2.45) is 5.41 Å². The molecule has 0 saturated heterocycles. The van der Waals surface area contributed by atoms with Crippen molar-refractivity contribution in [3.63, 3.8) is 0 Å². The van der Waals surface area contributed by atoms with E-state index in [0.29, 0.717) is 25.7 Å². The van der Waals surface area contributed by atoms with E-state index < -0.39 is 5.41 Å². The summed E-state index contributed by atoms with van der Waals surface area (Å²) in [6, 6.07) is 0. The van der Waals surface area contributed by atoms with Crippen LogP contribution < -0.4 is 0 Å². The summed E-state index contributed by atoms with van der Waals surface area (Å²) in [5, 5.41) is 0. The quantitative estimate of drug-likeness (QED) is 0.0255. The number of nitrogens with zero attached hydrogens (tertiary/aromatic N) is 1. The first-order valence-corrected chi connectivity index (χ1v) is 27.5. The lowest BCUT2D eigenvalue weighted by Gasteiger charge is -2.31. The van der Waals surface area contributed by atoms with E-state index in [0.717, 1.165) is 129 Å². The molecule has 0 radical (unpaired) electrons. The van der Waals surface area contributed by atoms with Gasteiger partial charge in [0.2, 0.25) is 0 Å². The number of esters is 4. The Bertz CT molecular complexity index is 1240. The molecule has 9 nitrogen and oxygen atoms in total. The Kier molecular flexibility index (Phi) is 46.9. The van der Waals surface area contributed by atoms with Crippen LogP contribution in [0.25, 0.3) is 0 Å². The second-order valence-corrected chi connectivity index (χ2v) is 19.2. The van der Waals surface area contributed by atoms with E-state index in [1.54, 1.807) is 0 Å². The molecular formula is C58H103NO8. The number of carbonyl (C=O) groups excluding carboxylic acids is 4. The largest absolute Gasteiger partial charge is 0.465 e. The molecule has 0 aromatic carbocycles. The molecule has 0 rings (SSSR count). The molecule has 0 spiro atoms. The Morgan fingerprint density at radius 3 is 0.940 bits per heavy atom. The number of ether oxygens (including phenoxy) is 4. The van der Waals surface area contributed by atoms with E-state index in [-0.39, 0.29) is 76.0 Å². The van der Waals surface area contributed by atoms with Crippen molar-refractivity contribution >= 4 is 23.9 Å². The van der Waals surface area contributed by atoms with Crippen molar-refractivity contribution in [1.82, 2.24) is 4.90 Å². The van der Waals surface area contributed by atoms with Crippen LogP contribution in [0.2, 0.25) is 0 Å². The fourth-order valence-corrected chi connectivity index (χ4v) is 7.49. The smallest absolute Gasteiger partial charge is 0.305 e. The van der Waals surface area contributed by atoms with E-state index in [1.807, 2.05) is 14.1 Å². The summed E-state index contributed by atoms with van der Waals surface area (Å²) < 4.78 is 23.3. The molecule has 0 aliphatic carbocycles. The molecule has 0 aliphatic heterocycles. The van der Waals surface area contributed by atoms with Crippen molar-refractivity contribution in [1.29, 1.82) is 0 Å². The highest BCUT2D eigenvalue weighted by atomic mass is 16.6. The summed E-state index contributed by atoms with van der Waals surface area (Å²) in [6.07, 6.45) is 52.1. The molecule has 0 aromatic heterocycles. The predicted molar refractivity (Wildman–Crippen MR) is 280 cm³/mol. The number of carbonyl (C=O) groups is 4. The molecular weight excluding hydrogens is 839 g/mol. The number of unbranched alkanes of at least 4 members (excludes halogenated alkanes) is 23. The average Bonchev–Trinajstić information content (AvgIpc) is 3.32. The summed E-state index contributed by atoms with van der Waals surface area (Å²) >= 11 is 0. The molecule has 0 N–H and O–H groups in total. The zero-order valence-electron chi connectivity index (χ0n) is 44.1. The lowest BCUT2D eigenvalue weighted by atomic mass is 9.92. The van der Waals surface area contributed by atoms with Crippen LogP contribution in [0.1, 0.15) is 245 Å². The minimum absolute atomic E-state index is 0.193. The van der Waals surface area contributed by atoms with Gasteiger partial charge >= 0.3 is 23.9 Å². The molecule has 0 bridgehead atoms. The molecule has 0 saturated carbocycles. The molecule has 388 valence electrons. The lowest BCUT2D eigenvalue weighted by Crippen LogP contribution is -2.44. The molecule has 67 heavy (non-hydrogen) atoms. The summed E-state index contributed by atoms with van der Waals surface area (Å²) in [5.74, 6) is -1.48. The SMILES string of the molecule is CCCC/C=C\CCCCCCCC(=O)OCC(COC(=O)CCCCCCC/C=C\C/C=C\CCCCC)(COC(=O)CCCCCCC/C=C\CCCC)COC(=O)CCCCN(C)C. The topological polar surface area (TPSA) is 108 Å². The molecule has 0 aliphatic rings. The number of allylic oxidation sites excluding steroid dienone is 8. The normalized spacial score (nSPS) is 12.1. The fraction of sp³-hybridized carbons (Fsp3) is 0.793. The van der Waals surface area contributed by atoms with E-state index in [2.05, 4.69) is 74.3 Å². The van der Waals surface area contributed by atoms with Crippen molar-refractivity contribution in [3.8, 4) is 0 Å². The molecule has 0 amide bonds. The van der Waals surface area contributed by atoms with Crippen LogP contribution in [0.5, 0.6) is 0 Å². The summed E-state index contributed by atoms with van der Waals surface area (Å²) in [7, 11) is 3.99. The maximum Gasteiger partial charge on any atom is 0.305 e. The highest BCUT2D eigenvalue weighted by Crippen LogP contribution is 2.24. The van der Waals surface area contributed by atoms with Gasteiger partial charge < -0.3 is 23.8 Å². The minimum atomic E-state index is -1.23. The standard InChI is InChI=1S/C58H103NO8/c1-6-9-12-15-18-21-24-25-26-27-30-33-36-39-42-47-56(62)66-52-58(53-67-57(63)48-43-44-49-59(4)5,50-64-54(60)45-40-37-34-31-28-22-19-16-13-10-7-2)51-65-55(61)46-41-38-35-32-29-23-20-17-14-11-8-3/h16-21,25-26H,6-15,22-24,27-53H2,1-5H3/b19-16-,20-17-,21-18-,26-25-. The zero-order valence-corrected chi connectivity index (χ0v) is 44.1. The number of rotatable bonds is 49. The highest BCUT2D eigenvalue weighted by Gasteiger charge is 2.38. The monoisotopic (exact) mass is 942 g/mol. The van der Waals surface area contributed by atoms with Crippen LogP contribution in [0.15, 0.2) is 48.6 Å². The van der Waals surface area contributed by atoms with E-state index in [9.17, 15) is 19.2 Å². The molecule has 9 heteroatoms. The Hall–Kier alpha value is -3.20. The van der Waals surface area contributed by atoms with Gasteiger partial charge in [-0.05, 0) is 123 Å². The zero-order chi connectivity index (χ0) is 49.2. The van der Waals surface area contributed by atoms with Crippen LogP contribution in [0.4, 0.5) is 0 Å². The van der Waals surface area contributed by atoms with Gasteiger partial charge in [0, 0.05) is 25.7 Å². The summed E-state index contributed by atoms with van der Waals surface area (Å²) in [5.41, 5.74) is -1.23. The first-order valence-electron chi connectivity index (χ1n) is 27.5. The van der Waals surface area contributed by atoms with Gasteiger partial charge in [0.15, 0.2) is 0 Å². The van der Waals surface area contributed by atoms with Crippen molar-refractivity contribution < 1.29 is 38.1 Å². The van der Waals surface area contributed by atoms with E-state index in [4.69, 9.17) is 18.9 Å². The Balaban J connectivity index is 5.39. The van der Waals surface area contributed by atoms with Gasteiger partial charge in [-0.15, -0.1) is 0 Å². The second-order valence-electron chi connectivity index (χ2n) is 19.2. The van der Waals surface area contributed by atoms with Crippen LogP contribution in [0, 0.1) is 5.41 Å². The molecule has 0 unspecified atom stereocenters. The molecule has 0 heterocycles. The van der Waals surface area contributed by atoms with Gasteiger partial charge in [-0.3, -0.25) is 19.2 Å². The van der Waals surface area contributed by atoms with Gasteiger partial charge in [0.25, 0.3) is 0 Å². The molecule has 0 fully saturated rings. The third-order valence-corrected chi connectivity index (χ3v) is 12.0. The van der Waals surface area contributed by atoms with Gasteiger partial charge in [-0.1, -0.05) is 166 Å². The van der Waals surface area contributed by atoms with Crippen LogP contribution in [-0.2, 0) is 38.1 Å². The van der Waals surface area contributed by atoms with E-state index in [1.165, 1.54) is 51.4 Å². The first-order chi connectivity index (χ1) is 32.7. The summed E-state index contributed by atoms with van der Waals surface area (Å²) in [4.78, 5) is 54.5. The molecule has 0 atom stereocenters. The summed E-state index contributed by atoms with van der Waals surface area (Å²) in [6.45, 7) is 6.73. The Labute approximate surface area is 412 Å². The predicted octanol–water partition coefficient (Wildman–Crippen LogP) is 15.6. The molecule has 0 aromatic rings.